The topological polar surface area (TPSA) is 92.5 Å². The average Bonchev–Trinajstić information content (AvgIpc) is 3.49. The van der Waals surface area contributed by atoms with Crippen LogP contribution in [0.25, 0.3) is 6.08 Å². The van der Waals surface area contributed by atoms with Gasteiger partial charge in [0.1, 0.15) is 11.5 Å². The molecule has 186 valence electrons. The van der Waals surface area contributed by atoms with Gasteiger partial charge in [-0.25, -0.2) is 0 Å². The number of allylic oxidation sites excluding steroid dienone is 1. The number of morpholine rings is 1. The van der Waals surface area contributed by atoms with Gasteiger partial charge in [0.15, 0.2) is 11.5 Å². The van der Waals surface area contributed by atoms with Gasteiger partial charge in [0, 0.05) is 26.2 Å². The molecule has 1 saturated heterocycles. The van der Waals surface area contributed by atoms with Crippen LogP contribution in [0.4, 0.5) is 0 Å². The maximum atomic E-state index is 13.2. The van der Waals surface area contributed by atoms with Gasteiger partial charge in [0.05, 0.1) is 37.7 Å². The molecule has 1 fully saturated rings. The minimum absolute atomic E-state index is 0.0665. The molecule has 4 rings (SSSR count). The summed E-state index contributed by atoms with van der Waals surface area (Å²) in [6.07, 6.45) is 5.96. The molecule has 2 aliphatic rings. The first-order valence-corrected chi connectivity index (χ1v) is 12.1. The molecule has 1 aromatic carbocycles. The molecule has 2 aliphatic heterocycles. The van der Waals surface area contributed by atoms with E-state index >= 15 is 0 Å². The highest BCUT2D eigenvalue weighted by Gasteiger charge is 2.42. The smallest absolute Gasteiger partial charge is 0.290 e. The van der Waals surface area contributed by atoms with Crippen LogP contribution in [0, 0.1) is 0 Å². The van der Waals surface area contributed by atoms with Crippen LogP contribution in [-0.2, 0) is 14.3 Å². The quantitative estimate of drug-likeness (QED) is 0.490. The number of aliphatic hydroxyl groups is 1. The van der Waals surface area contributed by atoms with E-state index in [9.17, 15) is 14.7 Å². The van der Waals surface area contributed by atoms with Crippen molar-refractivity contribution in [3.05, 3.63) is 71.4 Å². The van der Waals surface area contributed by atoms with Crippen molar-refractivity contribution in [1.82, 2.24) is 9.80 Å². The predicted octanol–water partition coefficient (Wildman–Crippen LogP) is 3.77. The molecular formula is C27H32N2O6. The number of amides is 1. The maximum Gasteiger partial charge on any atom is 0.290 e. The molecule has 1 amide bonds. The van der Waals surface area contributed by atoms with E-state index in [2.05, 4.69) is 4.90 Å². The predicted molar refractivity (Wildman–Crippen MR) is 131 cm³/mol. The molecule has 0 radical (unpaired) electrons. The highest BCUT2D eigenvalue weighted by Crippen LogP contribution is 2.39. The van der Waals surface area contributed by atoms with Gasteiger partial charge >= 0.3 is 0 Å². The first kappa shape index (κ1) is 24.8. The Bertz CT molecular complexity index is 1070. The van der Waals surface area contributed by atoms with Crippen molar-refractivity contribution in [2.45, 2.75) is 25.8 Å². The van der Waals surface area contributed by atoms with Crippen molar-refractivity contribution in [2.75, 3.05) is 46.0 Å². The largest absolute Gasteiger partial charge is 0.503 e. The molecule has 3 heterocycles. The van der Waals surface area contributed by atoms with Gasteiger partial charge in [-0.2, -0.15) is 0 Å². The second kappa shape index (κ2) is 11.9. The van der Waals surface area contributed by atoms with Crippen LogP contribution in [0.1, 0.15) is 37.1 Å². The van der Waals surface area contributed by atoms with Crippen LogP contribution in [0.3, 0.4) is 0 Å². The fraction of sp³-hybridized carbons (Fsp3) is 0.407. The van der Waals surface area contributed by atoms with E-state index in [0.717, 1.165) is 31.6 Å². The number of aliphatic hydroxyl groups excluding tert-OH is 1. The normalized spacial score (nSPS) is 19.2. The second-order valence-electron chi connectivity index (χ2n) is 8.60. The lowest BCUT2D eigenvalue weighted by Gasteiger charge is -2.30. The molecule has 35 heavy (non-hydrogen) atoms. The minimum atomic E-state index is -0.703. The van der Waals surface area contributed by atoms with E-state index in [1.165, 1.54) is 18.4 Å². The van der Waals surface area contributed by atoms with E-state index in [1.807, 2.05) is 31.2 Å². The van der Waals surface area contributed by atoms with E-state index in [4.69, 9.17) is 13.9 Å². The van der Waals surface area contributed by atoms with E-state index in [1.54, 1.807) is 17.0 Å². The summed E-state index contributed by atoms with van der Waals surface area (Å²) in [6.45, 7) is 6.94. The average molecular weight is 481 g/mol. The van der Waals surface area contributed by atoms with Crippen LogP contribution in [-0.4, -0.2) is 72.6 Å². The third-order valence-corrected chi connectivity index (χ3v) is 6.14. The molecule has 0 aliphatic carbocycles. The molecule has 0 bridgehead atoms. The zero-order valence-electron chi connectivity index (χ0n) is 20.0. The van der Waals surface area contributed by atoms with Crippen molar-refractivity contribution in [3.63, 3.8) is 0 Å². The number of rotatable bonds is 11. The molecule has 0 unspecified atom stereocenters. The number of hydrogen-bond acceptors (Lipinski definition) is 7. The maximum absolute atomic E-state index is 13.2. The number of benzene rings is 1. The third kappa shape index (κ3) is 6.01. The number of ketones is 1. The molecule has 0 spiro atoms. The number of carbonyl (C=O) groups is 2. The van der Waals surface area contributed by atoms with Crippen molar-refractivity contribution in [1.29, 1.82) is 0 Å². The highest BCUT2D eigenvalue weighted by molar-refractivity contribution is 6.14. The first-order valence-electron chi connectivity index (χ1n) is 12.1. The van der Waals surface area contributed by atoms with Crippen LogP contribution in [0.5, 0.6) is 5.75 Å². The van der Waals surface area contributed by atoms with Crippen LogP contribution in [0.2, 0.25) is 0 Å². The lowest BCUT2D eigenvalue weighted by atomic mass is 9.95. The van der Waals surface area contributed by atoms with Crippen molar-refractivity contribution in [3.8, 4) is 5.75 Å². The Balaban J connectivity index is 1.59. The number of furan rings is 1. The fourth-order valence-electron chi connectivity index (χ4n) is 4.40. The van der Waals surface area contributed by atoms with E-state index in [-0.39, 0.29) is 5.57 Å². The van der Waals surface area contributed by atoms with Gasteiger partial charge in [-0.1, -0.05) is 19.1 Å². The molecule has 2 aromatic rings. The van der Waals surface area contributed by atoms with Gasteiger partial charge in [-0.05, 0) is 54.8 Å². The van der Waals surface area contributed by atoms with Gasteiger partial charge in [-0.3, -0.25) is 14.5 Å². The van der Waals surface area contributed by atoms with Crippen LogP contribution < -0.4 is 4.74 Å². The Morgan fingerprint density at radius 3 is 2.77 bits per heavy atom. The van der Waals surface area contributed by atoms with Crippen LogP contribution >= 0.6 is 0 Å². The summed E-state index contributed by atoms with van der Waals surface area (Å²) >= 11 is 0. The number of carbonyl (C=O) groups excluding carboxylic acids is 2. The molecule has 0 saturated carbocycles. The second-order valence-corrected chi connectivity index (χ2v) is 8.60. The zero-order chi connectivity index (χ0) is 24.6. The molecular weight excluding hydrogens is 448 g/mol. The van der Waals surface area contributed by atoms with E-state index in [0.29, 0.717) is 44.3 Å². The molecule has 1 aromatic heterocycles. The van der Waals surface area contributed by atoms with Gasteiger partial charge in [0.2, 0.25) is 0 Å². The summed E-state index contributed by atoms with van der Waals surface area (Å²) in [5.41, 5.74) is 0.786. The summed E-state index contributed by atoms with van der Waals surface area (Å²) in [7, 11) is 0. The SMILES string of the molecule is CCCOc1cccc([C@H]2C(C(=O)/C=C/c3ccco3)=C(O)C(=O)N2CCCN2CCOCC2)c1. The number of hydrogen-bond donors (Lipinski definition) is 1. The lowest BCUT2D eigenvalue weighted by Crippen LogP contribution is -2.39. The standard InChI is InChI=1S/C27H32N2O6/c1-2-15-34-22-7-3-6-20(19-22)25-24(23(30)10-9-21-8-4-16-35-21)26(31)27(32)29(25)12-5-11-28-13-17-33-18-14-28/h3-4,6-10,16,19,25,31H,2,5,11-15,17-18H2,1H3/b10-9+/t25-/m0/s1. The Kier molecular flexibility index (Phi) is 8.39. The van der Waals surface area contributed by atoms with Gasteiger partial charge < -0.3 is 23.9 Å². The van der Waals surface area contributed by atoms with Gasteiger partial charge in [0.25, 0.3) is 5.91 Å². The molecule has 8 nitrogen and oxygen atoms in total. The summed E-state index contributed by atoms with van der Waals surface area (Å²) in [4.78, 5) is 30.2. The zero-order valence-corrected chi connectivity index (χ0v) is 20.0. The Morgan fingerprint density at radius 2 is 2.03 bits per heavy atom. The third-order valence-electron chi connectivity index (χ3n) is 6.14. The molecule has 1 N–H and O–H groups in total. The Labute approximate surface area is 205 Å². The molecule has 8 heteroatoms. The summed E-state index contributed by atoms with van der Waals surface area (Å²) < 4.78 is 16.5. The monoisotopic (exact) mass is 480 g/mol. The van der Waals surface area contributed by atoms with Gasteiger partial charge in [-0.15, -0.1) is 0 Å². The number of ether oxygens (including phenoxy) is 2. The van der Waals surface area contributed by atoms with Crippen molar-refractivity contribution in [2.24, 2.45) is 0 Å². The Hall–Kier alpha value is -3.36. The fourth-order valence-corrected chi connectivity index (χ4v) is 4.40. The Morgan fingerprint density at radius 1 is 1.20 bits per heavy atom. The van der Waals surface area contributed by atoms with Crippen molar-refractivity contribution < 1.29 is 28.6 Å². The van der Waals surface area contributed by atoms with Crippen molar-refractivity contribution >= 4 is 17.8 Å². The summed E-state index contributed by atoms with van der Waals surface area (Å²) in [5.74, 6) is -0.305. The first-order chi connectivity index (χ1) is 17.1. The van der Waals surface area contributed by atoms with E-state index < -0.39 is 23.5 Å². The lowest BCUT2D eigenvalue weighted by molar-refractivity contribution is -0.129. The minimum Gasteiger partial charge on any atom is -0.503 e. The molecule has 1 atom stereocenters. The van der Waals surface area contributed by atoms with Crippen LogP contribution in [0.15, 0.2) is 64.5 Å². The summed E-state index contributed by atoms with van der Waals surface area (Å²) in [6, 6.07) is 10.1. The summed E-state index contributed by atoms with van der Waals surface area (Å²) in [5, 5.41) is 10.8. The highest BCUT2D eigenvalue weighted by atomic mass is 16.5. The number of nitrogens with zero attached hydrogens (tertiary/aromatic N) is 2.